The largest absolute Gasteiger partial charge is 0.344 e. The monoisotopic (exact) mass is 156 g/mol. The molecule has 5 N–H and O–H groups in total. The van der Waals surface area contributed by atoms with Crippen LogP contribution in [0.15, 0.2) is 0 Å². The maximum absolute atomic E-state index is 6.16. The average Bonchev–Trinajstić information content (AvgIpc) is 1.93. The number of rotatable bonds is 0. The molecule has 0 bridgehead atoms. The number of fused-ring (bicyclic) bond motifs is 1. The highest BCUT2D eigenvalue weighted by Gasteiger charge is 2.68. The second-order valence-electron chi connectivity index (χ2n) is 5.41. The van der Waals surface area contributed by atoms with Crippen LogP contribution in [-0.2, 0) is 0 Å². The Labute approximate surface area is 69.1 Å². The third-order valence-corrected chi connectivity index (χ3v) is 3.45. The second-order valence-corrected chi connectivity index (χ2v) is 5.41. The number of hydrogen-bond acceptors (Lipinski definition) is 2. The van der Waals surface area contributed by atoms with Gasteiger partial charge in [0.15, 0.2) is 0 Å². The highest BCUT2D eigenvalue weighted by molar-refractivity contribution is 5.24. The molecule has 66 valence electrons. The van der Waals surface area contributed by atoms with Crippen LogP contribution >= 0.6 is 0 Å². The topological polar surface area (TPSA) is 61.0 Å². The molecular formula is C9H20N2. The summed E-state index contributed by atoms with van der Waals surface area (Å²) in [6.07, 6.45) is 3.83. The van der Waals surface area contributed by atoms with Crippen molar-refractivity contribution in [2.45, 2.75) is 45.6 Å². The molecular weight excluding hydrogens is 136 g/mol. The normalized spacial score (nSPS) is 51.3. The fraction of sp³-hybridized carbons (Fsp3) is 1.00. The van der Waals surface area contributed by atoms with E-state index in [4.69, 9.17) is 5.73 Å². The molecule has 2 rings (SSSR count). The van der Waals surface area contributed by atoms with E-state index in [1.54, 1.807) is 0 Å². The van der Waals surface area contributed by atoms with Crippen molar-refractivity contribution < 1.29 is 0 Å². The average molecular weight is 156 g/mol. The van der Waals surface area contributed by atoms with Crippen LogP contribution in [0.3, 0.4) is 0 Å². The second kappa shape index (κ2) is 1.80. The summed E-state index contributed by atoms with van der Waals surface area (Å²) in [5, 5.41) is 0. The summed E-state index contributed by atoms with van der Waals surface area (Å²) in [5.74, 6) is 0. The summed E-state index contributed by atoms with van der Waals surface area (Å²) in [7, 11) is 0. The quantitative estimate of drug-likeness (QED) is 0.564. The van der Waals surface area contributed by atoms with E-state index in [0.717, 1.165) is 0 Å². The van der Waals surface area contributed by atoms with E-state index in [-0.39, 0.29) is 11.7 Å². The maximum Gasteiger partial charge on any atom is 0.0220 e. The van der Waals surface area contributed by atoms with Gasteiger partial charge in [-0.1, -0.05) is 20.8 Å². The predicted octanol–water partition coefficient (Wildman–Crippen LogP) is 2.08. The van der Waals surface area contributed by atoms with E-state index in [1.165, 1.54) is 19.3 Å². The first-order valence-corrected chi connectivity index (χ1v) is 4.16. The van der Waals surface area contributed by atoms with Crippen molar-refractivity contribution in [1.29, 1.82) is 0 Å². The van der Waals surface area contributed by atoms with Crippen LogP contribution < -0.4 is 11.9 Å². The Morgan fingerprint density at radius 2 is 1.55 bits per heavy atom. The standard InChI is InChI=1S/C9H17N.H3N/c1-7(2)4-8(3)6-9(8,10)5-7;/h4-6,10H2,1-3H3;1H3. The number of nitrogens with two attached hydrogens (primary N) is 1. The zero-order valence-corrected chi connectivity index (χ0v) is 7.91. The van der Waals surface area contributed by atoms with Crippen molar-refractivity contribution in [3.05, 3.63) is 0 Å². The van der Waals surface area contributed by atoms with Crippen LogP contribution in [0.5, 0.6) is 0 Å². The van der Waals surface area contributed by atoms with Gasteiger partial charge < -0.3 is 11.9 Å². The summed E-state index contributed by atoms with van der Waals surface area (Å²) in [6.45, 7) is 7.00. The van der Waals surface area contributed by atoms with Gasteiger partial charge in [0.05, 0.1) is 0 Å². The molecule has 2 aliphatic carbocycles. The van der Waals surface area contributed by atoms with Gasteiger partial charge in [0.1, 0.15) is 0 Å². The molecule has 0 aliphatic heterocycles. The van der Waals surface area contributed by atoms with E-state index >= 15 is 0 Å². The Balaban J connectivity index is 0.000000605. The lowest BCUT2D eigenvalue weighted by molar-refractivity contribution is 0.310. The Bertz CT molecular complexity index is 170. The molecule has 2 nitrogen and oxygen atoms in total. The molecule has 0 amide bonds. The molecule has 0 aromatic heterocycles. The van der Waals surface area contributed by atoms with Gasteiger partial charge in [0, 0.05) is 5.54 Å². The van der Waals surface area contributed by atoms with Gasteiger partial charge in [-0.2, -0.15) is 0 Å². The van der Waals surface area contributed by atoms with E-state index in [0.29, 0.717) is 10.8 Å². The summed E-state index contributed by atoms with van der Waals surface area (Å²) in [6, 6.07) is 0. The van der Waals surface area contributed by atoms with Crippen molar-refractivity contribution in [3.8, 4) is 0 Å². The molecule has 2 atom stereocenters. The van der Waals surface area contributed by atoms with Crippen LogP contribution in [0.25, 0.3) is 0 Å². The van der Waals surface area contributed by atoms with E-state index in [9.17, 15) is 0 Å². The molecule has 0 radical (unpaired) electrons. The minimum Gasteiger partial charge on any atom is -0.344 e. The zero-order valence-electron chi connectivity index (χ0n) is 7.91. The smallest absolute Gasteiger partial charge is 0.0220 e. The van der Waals surface area contributed by atoms with Crippen molar-refractivity contribution in [1.82, 2.24) is 6.15 Å². The molecule has 2 fully saturated rings. The third-order valence-electron chi connectivity index (χ3n) is 3.45. The molecule has 0 saturated heterocycles. The van der Waals surface area contributed by atoms with E-state index in [1.807, 2.05) is 0 Å². The van der Waals surface area contributed by atoms with Crippen LogP contribution in [0.4, 0.5) is 0 Å². The van der Waals surface area contributed by atoms with Crippen LogP contribution in [0.1, 0.15) is 40.0 Å². The van der Waals surface area contributed by atoms with E-state index < -0.39 is 0 Å². The van der Waals surface area contributed by atoms with Crippen molar-refractivity contribution in [2.75, 3.05) is 0 Å². The lowest BCUT2D eigenvalue weighted by Gasteiger charge is -2.20. The van der Waals surface area contributed by atoms with Gasteiger partial charge in [0.2, 0.25) is 0 Å². The van der Waals surface area contributed by atoms with Gasteiger partial charge in [0.25, 0.3) is 0 Å². The van der Waals surface area contributed by atoms with Gasteiger partial charge in [-0.05, 0) is 30.1 Å². The summed E-state index contributed by atoms with van der Waals surface area (Å²) in [4.78, 5) is 0. The molecule has 0 spiro atoms. The molecule has 0 aromatic rings. The predicted molar refractivity (Wildman–Crippen MR) is 47.7 cm³/mol. The highest BCUT2D eigenvalue weighted by atomic mass is 14.9. The van der Waals surface area contributed by atoms with Crippen LogP contribution in [0, 0.1) is 10.8 Å². The Morgan fingerprint density at radius 1 is 1.00 bits per heavy atom. The minimum atomic E-state index is 0. The summed E-state index contributed by atoms with van der Waals surface area (Å²) >= 11 is 0. The molecule has 2 aliphatic rings. The molecule has 2 unspecified atom stereocenters. The SMILES string of the molecule is CC1(C)CC2(C)CC2(N)C1.N. The Morgan fingerprint density at radius 3 is 1.73 bits per heavy atom. The Hall–Kier alpha value is -0.0800. The lowest BCUT2D eigenvalue weighted by atomic mass is 9.85. The van der Waals surface area contributed by atoms with Crippen LogP contribution in [-0.4, -0.2) is 5.54 Å². The fourth-order valence-electron chi connectivity index (χ4n) is 3.14. The van der Waals surface area contributed by atoms with Crippen LogP contribution in [0.2, 0.25) is 0 Å². The van der Waals surface area contributed by atoms with Gasteiger partial charge >= 0.3 is 0 Å². The first kappa shape index (κ1) is 9.01. The maximum atomic E-state index is 6.16. The first-order chi connectivity index (χ1) is 4.37. The third kappa shape index (κ3) is 1.00. The summed E-state index contributed by atoms with van der Waals surface area (Å²) < 4.78 is 0. The highest BCUT2D eigenvalue weighted by Crippen LogP contribution is 2.70. The Kier molecular flexibility index (Phi) is 1.48. The molecule has 11 heavy (non-hydrogen) atoms. The van der Waals surface area contributed by atoms with Crippen molar-refractivity contribution in [3.63, 3.8) is 0 Å². The lowest BCUT2D eigenvalue weighted by Crippen LogP contribution is -2.26. The first-order valence-electron chi connectivity index (χ1n) is 4.16. The molecule has 2 saturated carbocycles. The fourth-order valence-corrected chi connectivity index (χ4v) is 3.14. The zero-order chi connectivity index (χ0) is 7.62. The number of hydrogen-bond donors (Lipinski definition) is 2. The van der Waals surface area contributed by atoms with Crippen molar-refractivity contribution in [2.24, 2.45) is 16.6 Å². The van der Waals surface area contributed by atoms with Gasteiger partial charge in [-0.25, -0.2) is 0 Å². The van der Waals surface area contributed by atoms with Gasteiger partial charge in [-0.3, -0.25) is 0 Å². The van der Waals surface area contributed by atoms with Crippen molar-refractivity contribution >= 4 is 0 Å². The molecule has 2 heteroatoms. The van der Waals surface area contributed by atoms with Gasteiger partial charge in [-0.15, -0.1) is 0 Å². The molecule has 0 aromatic carbocycles. The minimum absolute atomic E-state index is 0. The summed E-state index contributed by atoms with van der Waals surface area (Å²) in [5.41, 5.74) is 7.42. The van der Waals surface area contributed by atoms with E-state index in [2.05, 4.69) is 20.8 Å². The molecule has 0 heterocycles.